The van der Waals surface area contributed by atoms with Gasteiger partial charge in [0, 0.05) is 6.54 Å². The monoisotopic (exact) mass is 409 g/mol. The number of benzene rings is 3. The van der Waals surface area contributed by atoms with Crippen molar-refractivity contribution in [2.45, 2.75) is 6.10 Å². The molecule has 4 rings (SSSR count). The highest BCUT2D eigenvalue weighted by Crippen LogP contribution is 2.31. The minimum Gasteiger partial charge on any atom is -0.457 e. The van der Waals surface area contributed by atoms with E-state index in [1.54, 1.807) is 30.5 Å². The first-order chi connectivity index (χ1) is 14.7. The van der Waals surface area contributed by atoms with Crippen LogP contribution in [-0.2, 0) is 4.74 Å². The average molecular weight is 409 g/mol. The van der Waals surface area contributed by atoms with E-state index in [2.05, 4.69) is 5.32 Å². The van der Waals surface area contributed by atoms with Gasteiger partial charge in [-0.1, -0.05) is 36.4 Å². The molecule has 3 aromatic carbocycles. The Morgan fingerprint density at radius 2 is 1.40 bits per heavy atom. The van der Waals surface area contributed by atoms with Crippen molar-refractivity contribution in [2.24, 2.45) is 0 Å². The largest absolute Gasteiger partial charge is 0.457 e. The molecule has 0 unspecified atom stereocenters. The van der Waals surface area contributed by atoms with Gasteiger partial charge in [0.05, 0.1) is 13.2 Å². The predicted molar refractivity (Wildman–Crippen MR) is 109 cm³/mol. The van der Waals surface area contributed by atoms with Crippen molar-refractivity contribution in [1.29, 1.82) is 0 Å². The molecule has 0 fully saturated rings. The van der Waals surface area contributed by atoms with Gasteiger partial charge in [0.15, 0.2) is 17.3 Å². The van der Waals surface area contributed by atoms with Crippen molar-refractivity contribution in [3.8, 4) is 11.5 Å². The van der Waals surface area contributed by atoms with Crippen molar-refractivity contribution in [3.63, 3.8) is 0 Å². The topological polar surface area (TPSA) is 39.7 Å². The third kappa shape index (κ3) is 5.03. The molecule has 1 aliphatic heterocycles. The third-order valence-corrected chi connectivity index (χ3v) is 4.62. The molecule has 4 nitrogen and oxygen atoms in total. The molecule has 0 atom stereocenters. The maximum Gasteiger partial charge on any atom is 0.169 e. The lowest BCUT2D eigenvalue weighted by Crippen LogP contribution is -2.26. The molecule has 0 bridgehead atoms. The van der Waals surface area contributed by atoms with Crippen molar-refractivity contribution < 1.29 is 23.0 Å². The summed E-state index contributed by atoms with van der Waals surface area (Å²) in [4.78, 5) is 0. The highest BCUT2D eigenvalue weighted by molar-refractivity contribution is 5.42. The number of nitrogens with one attached hydrogen (secondary N) is 1. The molecule has 154 valence electrons. The lowest BCUT2D eigenvalue weighted by atomic mass is 10.0. The van der Waals surface area contributed by atoms with E-state index in [9.17, 15) is 8.78 Å². The van der Waals surface area contributed by atoms with Gasteiger partial charge >= 0.3 is 0 Å². The second-order valence-electron chi connectivity index (χ2n) is 6.78. The fraction of sp³-hybridized carbons (Fsp3) is 0.167. The first-order valence-electron chi connectivity index (χ1n) is 9.65. The zero-order chi connectivity index (χ0) is 20.8. The number of hydrogen-bond donors (Lipinski definition) is 1. The van der Waals surface area contributed by atoms with Gasteiger partial charge in [-0.25, -0.2) is 8.78 Å². The van der Waals surface area contributed by atoms with Gasteiger partial charge in [-0.05, 0) is 47.5 Å². The standard InChI is InChI=1S/C24H21F2NO3/c25-19-9-5-17(6-10-19)24(18-7-11-20(26)12-8-18)28-14-13-27-15-21-16-29-22-3-1-2-4-23(22)30-21/h1-12,16,24,27H,13-15H2. The maximum absolute atomic E-state index is 13.3. The Labute approximate surface area is 173 Å². The molecule has 30 heavy (non-hydrogen) atoms. The molecule has 0 aromatic heterocycles. The number of rotatable bonds is 8. The molecule has 6 heteroatoms. The second kappa shape index (κ2) is 9.52. The Balaban J connectivity index is 1.31. The highest BCUT2D eigenvalue weighted by Gasteiger charge is 2.16. The van der Waals surface area contributed by atoms with Gasteiger partial charge in [-0.15, -0.1) is 0 Å². The first kappa shape index (κ1) is 20.1. The van der Waals surface area contributed by atoms with Gasteiger partial charge < -0.3 is 19.5 Å². The molecule has 1 N–H and O–H groups in total. The third-order valence-electron chi connectivity index (χ3n) is 4.62. The van der Waals surface area contributed by atoms with Gasteiger partial charge in [0.1, 0.15) is 24.0 Å². The van der Waals surface area contributed by atoms with Crippen molar-refractivity contribution in [3.05, 3.63) is 108 Å². The van der Waals surface area contributed by atoms with Gasteiger partial charge in [0.25, 0.3) is 0 Å². The molecular weight excluding hydrogens is 388 g/mol. The molecule has 0 aliphatic carbocycles. The van der Waals surface area contributed by atoms with Crippen LogP contribution in [0.2, 0.25) is 0 Å². The summed E-state index contributed by atoms with van der Waals surface area (Å²) < 4.78 is 44.0. The van der Waals surface area contributed by atoms with E-state index in [4.69, 9.17) is 14.2 Å². The lowest BCUT2D eigenvalue weighted by Gasteiger charge is -2.20. The van der Waals surface area contributed by atoms with E-state index in [1.807, 2.05) is 24.3 Å². The highest BCUT2D eigenvalue weighted by atomic mass is 19.1. The van der Waals surface area contributed by atoms with Gasteiger partial charge in [0.2, 0.25) is 0 Å². The van der Waals surface area contributed by atoms with Crippen LogP contribution in [0, 0.1) is 11.6 Å². The summed E-state index contributed by atoms with van der Waals surface area (Å²) in [5.74, 6) is 1.40. The molecule has 0 spiro atoms. The summed E-state index contributed by atoms with van der Waals surface area (Å²) in [6.07, 6.45) is 1.16. The van der Waals surface area contributed by atoms with Crippen LogP contribution in [0.5, 0.6) is 11.5 Å². The van der Waals surface area contributed by atoms with Crippen LogP contribution in [0.15, 0.2) is 84.8 Å². The van der Waals surface area contributed by atoms with Gasteiger partial charge in [-0.3, -0.25) is 0 Å². The van der Waals surface area contributed by atoms with Crippen LogP contribution in [0.1, 0.15) is 17.2 Å². The second-order valence-corrected chi connectivity index (χ2v) is 6.78. The van der Waals surface area contributed by atoms with Crippen LogP contribution in [-0.4, -0.2) is 19.7 Å². The molecule has 0 saturated carbocycles. The van der Waals surface area contributed by atoms with Crippen molar-refractivity contribution in [1.82, 2.24) is 5.32 Å². The normalized spacial score (nSPS) is 12.7. The molecule has 0 radical (unpaired) electrons. The Morgan fingerprint density at radius 1 is 0.800 bits per heavy atom. The quantitative estimate of drug-likeness (QED) is 0.533. The summed E-state index contributed by atoms with van der Waals surface area (Å²) in [5, 5.41) is 3.24. The van der Waals surface area contributed by atoms with E-state index in [0.29, 0.717) is 37.0 Å². The number of fused-ring (bicyclic) bond motifs is 1. The lowest BCUT2D eigenvalue weighted by molar-refractivity contribution is 0.0820. The minimum atomic E-state index is -0.423. The molecular formula is C24H21F2NO3. The van der Waals surface area contributed by atoms with Crippen LogP contribution in [0.4, 0.5) is 8.78 Å². The Hall–Kier alpha value is -3.22. The number of ether oxygens (including phenoxy) is 3. The van der Waals surface area contributed by atoms with Crippen LogP contribution >= 0.6 is 0 Å². The van der Waals surface area contributed by atoms with Gasteiger partial charge in [-0.2, -0.15) is 0 Å². The molecule has 1 heterocycles. The molecule has 1 aliphatic rings. The Kier molecular flexibility index (Phi) is 6.37. The zero-order valence-electron chi connectivity index (χ0n) is 16.2. The Bertz CT molecular complexity index is 958. The SMILES string of the molecule is Fc1ccc(C(OCCNCC2=COc3ccccc3O2)c2ccc(F)cc2)cc1. The number of hydrogen-bond acceptors (Lipinski definition) is 4. The predicted octanol–water partition coefficient (Wildman–Crippen LogP) is 4.97. The van der Waals surface area contributed by atoms with Crippen LogP contribution in [0.3, 0.4) is 0 Å². The Morgan fingerprint density at radius 3 is 2.03 bits per heavy atom. The summed E-state index contributed by atoms with van der Waals surface area (Å²) >= 11 is 0. The molecule has 3 aromatic rings. The maximum atomic E-state index is 13.3. The fourth-order valence-electron chi connectivity index (χ4n) is 3.12. The van der Waals surface area contributed by atoms with Crippen LogP contribution < -0.4 is 14.8 Å². The summed E-state index contributed by atoms with van der Waals surface area (Å²) in [5.41, 5.74) is 1.60. The van der Waals surface area contributed by atoms with E-state index in [0.717, 1.165) is 11.1 Å². The number of para-hydroxylation sites is 2. The van der Waals surface area contributed by atoms with Crippen LogP contribution in [0.25, 0.3) is 0 Å². The molecule has 0 saturated heterocycles. The van der Waals surface area contributed by atoms with E-state index < -0.39 is 6.10 Å². The fourth-order valence-corrected chi connectivity index (χ4v) is 3.12. The summed E-state index contributed by atoms with van der Waals surface area (Å²) in [7, 11) is 0. The zero-order valence-corrected chi connectivity index (χ0v) is 16.2. The van der Waals surface area contributed by atoms with E-state index >= 15 is 0 Å². The first-order valence-corrected chi connectivity index (χ1v) is 9.65. The minimum absolute atomic E-state index is 0.317. The van der Waals surface area contributed by atoms with E-state index in [-0.39, 0.29) is 11.6 Å². The van der Waals surface area contributed by atoms with E-state index in [1.165, 1.54) is 24.3 Å². The summed E-state index contributed by atoms with van der Waals surface area (Å²) in [6, 6.07) is 19.7. The number of halogens is 2. The van der Waals surface area contributed by atoms with Crippen molar-refractivity contribution >= 4 is 0 Å². The smallest absolute Gasteiger partial charge is 0.169 e. The molecule has 0 amide bonds. The van der Waals surface area contributed by atoms with Crippen molar-refractivity contribution in [2.75, 3.05) is 19.7 Å². The average Bonchev–Trinajstić information content (AvgIpc) is 2.78. The summed E-state index contributed by atoms with van der Waals surface area (Å²) in [6.45, 7) is 1.43.